The Morgan fingerprint density at radius 3 is 1.58 bits per heavy atom. The molecule has 0 spiro atoms. The minimum atomic E-state index is 0.904. The van der Waals surface area contributed by atoms with Gasteiger partial charge in [-0.2, -0.15) is 0 Å². The lowest BCUT2D eigenvalue weighted by atomic mass is 9.92. The van der Waals surface area contributed by atoms with Crippen molar-refractivity contribution in [3.8, 4) is 50.2 Å². The lowest BCUT2D eigenvalue weighted by Gasteiger charge is -2.17. The topological polar surface area (TPSA) is 18.1 Å². The molecule has 50 heavy (non-hydrogen) atoms. The van der Waals surface area contributed by atoms with Gasteiger partial charge in [0, 0.05) is 38.2 Å². The lowest BCUT2D eigenvalue weighted by Crippen LogP contribution is -1.98. The molecule has 0 unspecified atom stereocenters. The molecule has 2 aromatic heterocycles. The number of rotatable bonds is 5. The van der Waals surface area contributed by atoms with Gasteiger partial charge in [0.1, 0.15) is 11.2 Å². The van der Waals surface area contributed by atoms with E-state index < -0.39 is 0 Å². The van der Waals surface area contributed by atoms with Crippen molar-refractivity contribution in [2.75, 3.05) is 0 Å². The molecular formula is C48H31NO. The van der Waals surface area contributed by atoms with E-state index in [1.807, 2.05) is 0 Å². The zero-order valence-corrected chi connectivity index (χ0v) is 27.3. The second-order valence-electron chi connectivity index (χ2n) is 12.8. The van der Waals surface area contributed by atoms with Crippen LogP contribution in [0.25, 0.3) is 93.9 Å². The zero-order valence-electron chi connectivity index (χ0n) is 27.3. The van der Waals surface area contributed by atoms with Gasteiger partial charge in [-0.1, -0.05) is 164 Å². The number of hydrogen-bond acceptors (Lipinski definition) is 1. The highest BCUT2D eigenvalue weighted by molar-refractivity contribution is 6.14. The summed E-state index contributed by atoms with van der Waals surface area (Å²) in [6.45, 7) is 0. The van der Waals surface area contributed by atoms with Crippen molar-refractivity contribution in [1.29, 1.82) is 0 Å². The molecule has 10 rings (SSSR count). The van der Waals surface area contributed by atoms with Gasteiger partial charge in [-0.3, -0.25) is 0 Å². The van der Waals surface area contributed by atoms with Crippen molar-refractivity contribution >= 4 is 43.7 Å². The van der Waals surface area contributed by atoms with Crippen LogP contribution in [0.1, 0.15) is 0 Å². The van der Waals surface area contributed by atoms with Crippen LogP contribution in [0.5, 0.6) is 0 Å². The molecule has 2 heteroatoms. The number of benzene rings is 8. The second kappa shape index (κ2) is 11.5. The Morgan fingerprint density at radius 2 is 0.820 bits per heavy atom. The molecular weight excluding hydrogens is 607 g/mol. The van der Waals surface area contributed by atoms with Gasteiger partial charge in [-0.25, -0.2) is 0 Å². The Balaban J connectivity index is 1.19. The first-order valence-corrected chi connectivity index (χ1v) is 17.1. The van der Waals surface area contributed by atoms with Crippen molar-refractivity contribution < 1.29 is 4.42 Å². The van der Waals surface area contributed by atoms with Crippen LogP contribution >= 0.6 is 0 Å². The molecule has 2 heterocycles. The van der Waals surface area contributed by atoms with Gasteiger partial charge in [0.15, 0.2) is 0 Å². The SMILES string of the molecule is c1ccc(-c2ccc3c(c2)c2ccccc2n3-c2ccccc2-c2ccccc2-c2cccc3c2oc2c(-c4ccccc4)cccc23)cc1. The predicted molar refractivity (Wildman–Crippen MR) is 210 cm³/mol. The molecule has 0 atom stereocenters. The number of para-hydroxylation sites is 4. The van der Waals surface area contributed by atoms with Crippen molar-refractivity contribution in [3.05, 3.63) is 188 Å². The van der Waals surface area contributed by atoms with Crippen LogP contribution < -0.4 is 0 Å². The van der Waals surface area contributed by atoms with Gasteiger partial charge in [0.2, 0.25) is 0 Å². The van der Waals surface area contributed by atoms with E-state index in [1.165, 1.54) is 32.9 Å². The fraction of sp³-hybridized carbons (Fsp3) is 0. The van der Waals surface area contributed by atoms with Gasteiger partial charge in [0.25, 0.3) is 0 Å². The minimum Gasteiger partial charge on any atom is -0.455 e. The molecule has 0 aliphatic carbocycles. The standard InChI is InChI=1S/C48H31NO/c1-3-15-32(16-4-1)34-29-30-46-43(31-34)39-22-10-12-28-45(39)49(46)44-27-11-9-21-38(44)36-19-7-8-20-37(36)40-24-14-26-42-41-25-13-23-35(47(41)50-48(40)42)33-17-5-2-6-18-33/h1-31H. The summed E-state index contributed by atoms with van der Waals surface area (Å²) in [6.07, 6.45) is 0. The highest BCUT2D eigenvalue weighted by atomic mass is 16.3. The summed E-state index contributed by atoms with van der Waals surface area (Å²) in [5, 5.41) is 4.73. The molecule has 0 N–H and O–H groups in total. The molecule has 0 saturated carbocycles. The predicted octanol–water partition coefficient (Wildman–Crippen LogP) is 13.4. The Morgan fingerprint density at radius 1 is 0.300 bits per heavy atom. The van der Waals surface area contributed by atoms with Gasteiger partial charge < -0.3 is 8.98 Å². The van der Waals surface area contributed by atoms with Crippen LogP contribution in [0.3, 0.4) is 0 Å². The van der Waals surface area contributed by atoms with Gasteiger partial charge >= 0.3 is 0 Å². The normalized spacial score (nSPS) is 11.6. The third-order valence-electron chi connectivity index (χ3n) is 10.0. The first-order chi connectivity index (χ1) is 24.8. The fourth-order valence-electron chi connectivity index (χ4n) is 7.77. The molecule has 0 radical (unpaired) electrons. The Kier molecular flexibility index (Phi) is 6.53. The summed E-state index contributed by atoms with van der Waals surface area (Å²) < 4.78 is 9.30. The maximum Gasteiger partial charge on any atom is 0.143 e. The summed E-state index contributed by atoms with van der Waals surface area (Å²) in [4.78, 5) is 0. The van der Waals surface area contributed by atoms with Crippen LogP contribution in [-0.2, 0) is 0 Å². The van der Waals surface area contributed by atoms with Crippen LogP contribution in [0, 0.1) is 0 Å². The van der Waals surface area contributed by atoms with Crippen LogP contribution in [0.2, 0.25) is 0 Å². The van der Waals surface area contributed by atoms with E-state index in [0.29, 0.717) is 0 Å². The summed E-state index contributed by atoms with van der Waals surface area (Å²) in [5.74, 6) is 0. The molecule has 0 fully saturated rings. The molecule has 10 aromatic rings. The molecule has 0 aliphatic rings. The number of nitrogens with zero attached hydrogens (tertiary/aromatic N) is 1. The smallest absolute Gasteiger partial charge is 0.143 e. The van der Waals surface area contributed by atoms with Crippen molar-refractivity contribution in [3.63, 3.8) is 0 Å². The van der Waals surface area contributed by atoms with E-state index in [-0.39, 0.29) is 0 Å². The van der Waals surface area contributed by atoms with E-state index in [0.717, 1.165) is 61.0 Å². The van der Waals surface area contributed by atoms with Crippen LogP contribution in [0.4, 0.5) is 0 Å². The molecule has 0 aliphatic heterocycles. The fourth-order valence-corrected chi connectivity index (χ4v) is 7.77. The van der Waals surface area contributed by atoms with E-state index >= 15 is 0 Å². The minimum absolute atomic E-state index is 0.904. The summed E-state index contributed by atoms with van der Waals surface area (Å²) in [6, 6.07) is 67.2. The quantitative estimate of drug-likeness (QED) is 0.184. The summed E-state index contributed by atoms with van der Waals surface area (Å²) >= 11 is 0. The Labute approximate surface area is 290 Å². The molecule has 0 saturated heterocycles. The van der Waals surface area contributed by atoms with Gasteiger partial charge in [-0.15, -0.1) is 0 Å². The van der Waals surface area contributed by atoms with Crippen LogP contribution in [0.15, 0.2) is 192 Å². The van der Waals surface area contributed by atoms with E-state index in [1.54, 1.807) is 0 Å². The van der Waals surface area contributed by atoms with Gasteiger partial charge in [-0.05, 0) is 52.1 Å². The van der Waals surface area contributed by atoms with E-state index in [9.17, 15) is 0 Å². The van der Waals surface area contributed by atoms with E-state index in [2.05, 4.69) is 193 Å². The largest absolute Gasteiger partial charge is 0.455 e. The number of hydrogen-bond donors (Lipinski definition) is 0. The Bertz CT molecular complexity index is 2860. The maximum atomic E-state index is 6.87. The average molecular weight is 638 g/mol. The van der Waals surface area contributed by atoms with E-state index in [4.69, 9.17) is 4.42 Å². The number of furan rings is 1. The monoisotopic (exact) mass is 637 g/mol. The van der Waals surface area contributed by atoms with Crippen molar-refractivity contribution in [2.24, 2.45) is 0 Å². The van der Waals surface area contributed by atoms with Gasteiger partial charge in [0.05, 0.1) is 16.7 Å². The first kappa shape index (κ1) is 28.4. The molecule has 2 nitrogen and oxygen atoms in total. The molecule has 0 bridgehead atoms. The third-order valence-corrected chi connectivity index (χ3v) is 10.0. The number of fused-ring (bicyclic) bond motifs is 6. The highest BCUT2D eigenvalue weighted by Crippen LogP contribution is 2.44. The molecule has 8 aromatic carbocycles. The zero-order chi connectivity index (χ0) is 33.0. The lowest BCUT2D eigenvalue weighted by molar-refractivity contribution is 0.671. The van der Waals surface area contributed by atoms with Crippen molar-refractivity contribution in [1.82, 2.24) is 4.57 Å². The first-order valence-electron chi connectivity index (χ1n) is 17.1. The van der Waals surface area contributed by atoms with Crippen molar-refractivity contribution in [2.45, 2.75) is 0 Å². The molecule has 0 amide bonds. The Hall–Kier alpha value is -6.64. The summed E-state index contributed by atoms with van der Waals surface area (Å²) in [5.41, 5.74) is 14.6. The van der Waals surface area contributed by atoms with Crippen LogP contribution in [-0.4, -0.2) is 4.57 Å². The average Bonchev–Trinajstić information content (AvgIpc) is 3.74. The number of aromatic nitrogens is 1. The maximum absolute atomic E-state index is 6.87. The second-order valence-corrected chi connectivity index (χ2v) is 12.8. The molecule has 234 valence electrons. The third kappa shape index (κ3) is 4.43. The summed E-state index contributed by atoms with van der Waals surface area (Å²) in [7, 11) is 0. The highest BCUT2D eigenvalue weighted by Gasteiger charge is 2.20.